The lowest BCUT2D eigenvalue weighted by molar-refractivity contribution is 0.0721. The molecule has 1 unspecified atom stereocenters. The summed E-state index contributed by atoms with van der Waals surface area (Å²) in [4.78, 5) is 4.99. The molecule has 1 aliphatic heterocycles. The molecule has 1 rings (SSSR count). The van der Waals surface area contributed by atoms with E-state index in [2.05, 4.69) is 60.3 Å². The van der Waals surface area contributed by atoms with Gasteiger partial charge in [-0.05, 0) is 65.7 Å². The Balaban J connectivity index is 2.56. The highest BCUT2D eigenvalue weighted by Crippen LogP contribution is 2.36. The van der Waals surface area contributed by atoms with Gasteiger partial charge in [0, 0.05) is 17.0 Å². The van der Waals surface area contributed by atoms with E-state index in [9.17, 15) is 0 Å². The van der Waals surface area contributed by atoms with Crippen LogP contribution in [0, 0.1) is 5.41 Å². The Kier molecular flexibility index (Phi) is 6.02. The van der Waals surface area contributed by atoms with Gasteiger partial charge in [0.25, 0.3) is 0 Å². The average Bonchev–Trinajstić information content (AvgIpc) is 2.26. The van der Waals surface area contributed by atoms with E-state index in [0.717, 1.165) is 0 Å². The first-order valence-corrected chi connectivity index (χ1v) is 7.96. The Labute approximate surface area is 115 Å². The third-order valence-electron chi connectivity index (χ3n) is 3.79. The summed E-state index contributed by atoms with van der Waals surface area (Å²) in [6.07, 6.45) is 4.16. The SMILES string of the molecule is CC(C)N1CCCC(CI)(CCN(C)C)C1. The molecule has 1 fully saturated rings. The minimum absolute atomic E-state index is 0.577. The first-order valence-electron chi connectivity index (χ1n) is 6.44. The van der Waals surface area contributed by atoms with Crippen LogP contribution in [0.4, 0.5) is 0 Å². The van der Waals surface area contributed by atoms with Crippen molar-refractivity contribution in [1.82, 2.24) is 9.80 Å². The first kappa shape index (κ1) is 14.7. The highest BCUT2D eigenvalue weighted by atomic mass is 127. The molecule has 0 bridgehead atoms. The minimum atomic E-state index is 0.577. The number of hydrogen-bond acceptors (Lipinski definition) is 2. The molecule has 0 aromatic rings. The van der Waals surface area contributed by atoms with E-state index in [4.69, 9.17) is 0 Å². The predicted octanol–water partition coefficient (Wildman–Crippen LogP) is 2.86. The lowest BCUT2D eigenvalue weighted by Crippen LogP contribution is -2.48. The monoisotopic (exact) mass is 338 g/mol. The molecular formula is C13H27IN2. The van der Waals surface area contributed by atoms with Gasteiger partial charge in [0.1, 0.15) is 0 Å². The molecule has 1 aliphatic rings. The third kappa shape index (κ3) is 4.15. The second-order valence-electron chi connectivity index (χ2n) is 5.85. The van der Waals surface area contributed by atoms with E-state index in [1.54, 1.807) is 0 Å². The summed E-state index contributed by atoms with van der Waals surface area (Å²) in [6.45, 7) is 8.50. The van der Waals surface area contributed by atoms with Crippen molar-refractivity contribution in [3.8, 4) is 0 Å². The van der Waals surface area contributed by atoms with Gasteiger partial charge in [0.05, 0.1) is 0 Å². The standard InChI is InChI=1S/C13H27IN2/c1-12(2)16-8-5-6-13(10-14,11-16)7-9-15(3)4/h12H,5-11H2,1-4H3. The Morgan fingerprint density at radius 3 is 2.56 bits per heavy atom. The van der Waals surface area contributed by atoms with E-state index in [1.807, 2.05) is 0 Å². The molecule has 3 heteroatoms. The van der Waals surface area contributed by atoms with E-state index in [1.165, 1.54) is 43.3 Å². The van der Waals surface area contributed by atoms with E-state index >= 15 is 0 Å². The number of piperidine rings is 1. The Morgan fingerprint density at radius 2 is 2.06 bits per heavy atom. The maximum Gasteiger partial charge on any atom is 0.00647 e. The van der Waals surface area contributed by atoms with Crippen LogP contribution < -0.4 is 0 Å². The second kappa shape index (κ2) is 6.55. The Bertz CT molecular complexity index is 206. The Morgan fingerprint density at radius 1 is 1.38 bits per heavy atom. The highest BCUT2D eigenvalue weighted by Gasteiger charge is 2.34. The van der Waals surface area contributed by atoms with Crippen molar-refractivity contribution >= 4 is 22.6 Å². The Hall–Kier alpha value is 0.650. The summed E-state index contributed by atoms with van der Waals surface area (Å²) < 4.78 is 1.31. The van der Waals surface area contributed by atoms with Gasteiger partial charge in [-0.3, -0.25) is 0 Å². The number of alkyl halides is 1. The summed E-state index contributed by atoms with van der Waals surface area (Å²) in [5, 5.41) is 0. The lowest BCUT2D eigenvalue weighted by Gasteiger charge is -2.44. The highest BCUT2D eigenvalue weighted by molar-refractivity contribution is 14.1. The van der Waals surface area contributed by atoms with Crippen molar-refractivity contribution < 1.29 is 0 Å². The van der Waals surface area contributed by atoms with Crippen LogP contribution in [0.1, 0.15) is 33.1 Å². The number of hydrogen-bond donors (Lipinski definition) is 0. The van der Waals surface area contributed by atoms with Crippen LogP contribution in [0.15, 0.2) is 0 Å². The smallest absolute Gasteiger partial charge is 0.00647 e. The van der Waals surface area contributed by atoms with Crippen molar-refractivity contribution in [2.45, 2.75) is 39.2 Å². The predicted molar refractivity (Wildman–Crippen MR) is 80.4 cm³/mol. The first-order chi connectivity index (χ1) is 7.49. The van der Waals surface area contributed by atoms with E-state index in [-0.39, 0.29) is 0 Å². The molecule has 16 heavy (non-hydrogen) atoms. The van der Waals surface area contributed by atoms with Crippen LogP contribution in [0.5, 0.6) is 0 Å². The number of nitrogens with zero attached hydrogens (tertiary/aromatic N) is 2. The van der Waals surface area contributed by atoms with Gasteiger partial charge in [-0.15, -0.1) is 0 Å². The van der Waals surface area contributed by atoms with E-state index in [0.29, 0.717) is 11.5 Å². The average molecular weight is 338 g/mol. The van der Waals surface area contributed by atoms with Gasteiger partial charge in [-0.25, -0.2) is 0 Å². The van der Waals surface area contributed by atoms with Gasteiger partial charge >= 0.3 is 0 Å². The molecule has 1 heterocycles. The molecule has 1 saturated heterocycles. The summed E-state index contributed by atoms with van der Waals surface area (Å²) in [6, 6.07) is 0.710. The molecule has 96 valence electrons. The van der Waals surface area contributed by atoms with Gasteiger partial charge < -0.3 is 9.80 Å². The molecule has 0 aromatic heterocycles. The molecule has 0 aromatic carbocycles. The molecule has 0 amide bonds. The van der Waals surface area contributed by atoms with Crippen molar-refractivity contribution in [2.24, 2.45) is 5.41 Å². The van der Waals surface area contributed by atoms with Crippen molar-refractivity contribution in [2.75, 3.05) is 38.2 Å². The molecule has 0 saturated carbocycles. The topological polar surface area (TPSA) is 6.48 Å². The molecule has 1 atom stereocenters. The maximum absolute atomic E-state index is 2.66. The van der Waals surface area contributed by atoms with Crippen LogP contribution in [0.3, 0.4) is 0 Å². The van der Waals surface area contributed by atoms with Gasteiger partial charge in [-0.1, -0.05) is 22.6 Å². The summed E-state index contributed by atoms with van der Waals surface area (Å²) in [5.41, 5.74) is 0.577. The van der Waals surface area contributed by atoms with Crippen LogP contribution in [-0.2, 0) is 0 Å². The second-order valence-corrected chi connectivity index (χ2v) is 6.62. The molecule has 2 nitrogen and oxygen atoms in total. The summed E-state index contributed by atoms with van der Waals surface area (Å²) >= 11 is 2.59. The van der Waals surface area contributed by atoms with E-state index < -0.39 is 0 Å². The zero-order valence-corrected chi connectivity index (χ0v) is 13.5. The minimum Gasteiger partial charge on any atom is -0.309 e. The number of halogens is 1. The van der Waals surface area contributed by atoms with Crippen LogP contribution in [-0.4, -0.2) is 54.0 Å². The van der Waals surface area contributed by atoms with Crippen molar-refractivity contribution in [3.05, 3.63) is 0 Å². The third-order valence-corrected chi connectivity index (χ3v) is 5.41. The fourth-order valence-corrected chi connectivity index (χ4v) is 3.53. The number of likely N-dealkylation sites (tertiary alicyclic amines) is 1. The molecule has 0 N–H and O–H groups in total. The lowest BCUT2D eigenvalue weighted by atomic mass is 9.78. The zero-order valence-electron chi connectivity index (χ0n) is 11.3. The van der Waals surface area contributed by atoms with Gasteiger partial charge in [0.15, 0.2) is 0 Å². The number of rotatable bonds is 5. The molecule has 0 radical (unpaired) electrons. The van der Waals surface area contributed by atoms with Gasteiger partial charge in [-0.2, -0.15) is 0 Å². The molecular weight excluding hydrogens is 311 g/mol. The van der Waals surface area contributed by atoms with Crippen LogP contribution in [0.25, 0.3) is 0 Å². The molecule has 0 aliphatic carbocycles. The van der Waals surface area contributed by atoms with Crippen LogP contribution >= 0.6 is 22.6 Å². The van der Waals surface area contributed by atoms with Crippen molar-refractivity contribution in [3.63, 3.8) is 0 Å². The fourth-order valence-electron chi connectivity index (χ4n) is 2.53. The maximum atomic E-state index is 2.66. The van der Waals surface area contributed by atoms with Crippen molar-refractivity contribution in [1.29, 1.82) is 0 Å². The fraction of sp³-hybridized carbons (Fsp3) is 1.00. The summed E-state index contributed by atoms with van der Waals surface area (Å²) in [7, 11) is 4.37. The molecule has 0 spiro atoms. The quantitative estimate of drug-likeness (QED) is 0.562. The zero-order chi connectivity index (χ0) is 12.2. The van der Waals surface area contributed by atoms with Crippen LogP contribution in [0.2, 0.25) is 0 Å². The normalized spacial score (nSPS) is 27.9. The summed E-state index contributed by atoms with van der Waals surface area (Å²) in [5.74, 6) is 0. The largest absolute Gasteiger partial charge is 0.309 e. The van der Waals surface area contributed by atoms with Gasteiger partial charge in [0.2, 0.25) is 0 Å².